The maximum Gasteiger partial charge on any atom is 0.250 e. The second-order valence-corrected chi connectivity index (χ2v) is 11.8. The molecule has 0 aliphatic rings. The number of rotatable bonds is 5. The predicted molar refractivity (Wildman–Crippen MR) is 88.7 cm³/mol. The number of para-hydroxylation sites is 1. The summed E-state index contributed by atoms with van der Waals surface area (Å²) in [6, 6.07) is 7.79. The van der Waals surface area contributed by atoms with Crippen LogP contribution in [-0.4, -0.2) is 13.4 Å². The second kappa shape index (κ2) is 6.14. The largest absolute Gasteiger partial charge is 0.543 e. The average Bonchev–Trinajstić information content (AvgIpc) is 2.26. The lowest BCUT2D eigenvalue weighted by atomic mass is 10.0. The van der Waals surface area contributed by atoms with Crippen molar-refractivity contribution in [3.8, 4) is 5.75 Å². The van der Waals surface area contributed by atoms with Gasteiger partial charge in [0.2, 0.25) is 8.32 Å². The number of hydrogen-bond acceptors (Lipinski definition) is 2. The topological polar surface area (TPSA) is 29.5 Å². The highest BCUT2D eigenvalue weighted by Gasteiger charge is 2.39. The van der Waals surface area contributed by atoms with Crippen LogP contribution in [0.3, 0.4) is 0 Å². The molecule has 1 aromatic rings. The molecule has 20 heavy (non-hydrogen) atoms. The standard InChI is InChI=1S/C17H28O2Si/c1-13(2)12-15(18)14-10-8-9-11-16(14)19-20(6,7)17(3,4)5/h8-11,15,18H,1,12H2,2-7H3/t15-/m0/s1. The van der Waals surface area contributed by atoms with Gasteiger partial charge in [0.25, 0.3) is 0 Å². The van der Waals surface area contributed by atoms with Crippen molar-refractivity contribution in [2.75, 3.05) is 0 Å². The molecule has 112 valence electrons. The van der Waals surface area contributed by atoms with Gasteiger partial charge < -0.3 is 9.53 Å². The molecule has 0 bridgehead atoms. The van der Waals surface area contributed by atoms with Crippen LogP contribution in [0.25, 0.3) is 0 Å². The summed E-state index contributed by atoms with van der Waals surface area (Å²) in [6.45, 7) is 16.9. The Kier molecular flexibility index (Phi) is 5.22. The first-order valence-electron chi connectivity index (χ1n) is 7.15. The SMILES string of the molecule is C=C(C)C[C@H](O)c1ccccc1O[Si](C)(C)C(C)(C)C. The third kappa shape index (κ3) is 4.22. The maximum atomic E-state index is 10.3. The van der Waals surface area contributed by atoms with Gasteiger partial charge >= 0.3 is 0 Å². The number of aliphatic hydroxyl groups excluding tert-OH is 1. The van der Waals surface area contributed by atoms with Gasteiger partial charge in [-0.2, -0.15) is 0 Å². The van der Waals surface area contributed by atoms with Crippen LogP contribution < -0.4 is 4.43 Å². The van der Waals surface area contributed by atoms with Crippen molar-refractivity contribution in [2.24, 2.45) is 0 Å². The lowest BCUT2D eigenvalue weighted by Gasteiger charge is -2.37. The van der Waals surface area contributed by atoms with Gasteiger partial charge in [0.1, 0.15) is 5.75 Å². The van der Waals surface area contributed by atoms with E-state index in [2.05, 4.69) is 40.4 Å². The molecule has 3 heteroatoms. The predicted octanol–water partition coefficient (Wildman–Crippen LogP) is 5.07. The van der Waals surface area contributed by atoms with E-state index in [9.17, 15) is 5.11 Å². The van der Waals surface area contributed by atoms with E-state index < -0.39 is 14.4 Å². The molecule has 0 aromatic heterocycles. The van der Waals surface area contributed by atoms with Gasteiger partial charge in [-0.25, -0.2) is 0 Å². The summed E-state index contributed by atoms with van der Waals surface area (Å²) in [5.41, 5.74) is 1.83. The van der Waals surface area contributed by atoms with E-state index in [1.807, 2.05) is 31.2 Å². The zero-order valence-corrected chi connectivity index (χ0v) is 14.7. The maximum absolute atomic E-state index is 10.3. The fraction of sp³-hybridized carbons (Fsp3) is 0.529. The Morgan fingerprint density at radius 1 is 1.30 bits per heavy atom. The summed E-state index contributed by atoms with van der Waals surface area (Å²) in [6.07, 6.45) is 0.0196. The van der Waals surface area contributed by atoms with E-state index >= 15 is 0 Å². The highest BCUT2D eigenvalue weighted by atomic mass is 28.4. The zero-order chi connectivity index (χ0) is 15.6. The van der Waals surface area contributed by atoms with E-state index in [4.69, 9.17) is 4.43 Å². The molecule has 0 fully saturated rings. The lowest BCUT2D eigenvalue weighted by Crippen LogP contribution is -2.44. The van der Waals surface area contributed by atoms with E-state index in [0.29, 0.717) is 6.42 Å². The van der Waals surface area contributed by atoms with Crippen LogP contribution in [0.15, 0.2) is 36.4 Å². The van der Waals surface area contributed by atoms with Crippen LogP contribution in [0.4, 0.5) is 0 Å². The Morgan fingerprint density at radius 3 is 2.35 bits per heavy atom. The molecule has 0 saturated carbocycles. The van der Waals surface area contributed by atoms with Gasteiger partial charge in [-0.15, -0.1) is 6.58 Å². The van der Waals surface area contributed by atoms with Crippen molar-refractivity contribution in [1.82, 2.24) is 0 Å². The van der Waals surface area contributed by atoms with Crippen molar-refractivity contribution in [3.63, 3.8) is 0 Å². The van der Waals surface area contributed by atoms with E-state index in [0.717, 1.165) is 16.9 Å². The third-order valence-corrected chi connectivity index (χ3v) is 8.33. The molecule has 0 unspecified atom stereocenters. The van der Waals surface area contributed by atoms with Crippen LogP contribution >= 0.6 is 0 Å². The molecule has 0 amide bonds. The fourth-order valence-corrected chi connectivity index (χ4v) is 2.76. The highest BCUT2D eigenvalue weighted by Crippen LogP contribution is 2.39. The molecule has 1 rings (SSSR count). The Bertz CT molecular complexity index is 472. The second-order valence-electron chi connectivity index (χ2n) is 7.08. The molecular weight excluding hydrogens is 264 g/mol. The van der Waals surface area contributed by atoms with Gasteiger partial charge in [-0.3, -0.25) is 0 Å². The van der Waals surface area contributed by atoms with Crippen LogP contribution in [-0.2, 0) is 0 Å². The van der Waals surface area contributed by atoms with Crippen LogP contribution in [0, 0.1) is 0 Å². The van der Waals surface area contributed by atoms with Gasteiger partial charge in [0, 0.05) is 5.56 Å². The molecule has 0 aliphatic heterocycles. The van der Waals surface area contributed by atoms with Crippen LogP contribution in [0.2, 0.25) is 18.1 Å². The van der Waals surface area contributed by atoms with Gasteiger partial charge in [-0.05, 0) is 37.5 Å². The Hall–Kier alpha value is -1.06. The number of aliphatic hydroxyl groups is 1. The average molecular weight is 292 g/mol. The Morgan fingerprint density at radius 2 is 1.85 bits per heavy atom. The van der Waals surface area contributed by atoms with Crippen molar-refractivity contribution >= 4 is 8.32 Å². The van der Waals surface area contributed by atoms with E-state index in [1.165, 1.54) is 0 Å². The molecule has 2 nitrogen and oxygen atoms in total. The smallest absolute Gasteiger partial charge is 0.250 e. The molecule has 0 heterocycles. The number of hydrogen-bond donors (Lipinski definition) is 1. The number of benzene rings is 1. The summed E-state index contributed by atoms with van der Waals surface area (Å²) >= 11 is 0. The molecule has 1 N–H and O–H groups in total. The first kappa shape index (κ1) is 17.0. The molecule has 0 aliphatic carbocycles. The quantitative estimate of drug-likeness (QED) is 0.606. The minimum Gasteiger partial charge on any atom is -0.543 e. The van der Waals surface area contributed by atoms with Crippen LogP contribution in [0.5, 0.6) is 5.75 Å². The minimum absolute atomic E-state index is 0.138. The van der Waals surface area contributed by atoms with Gasteiger partial charge in [0.15, 0.2) is 0 Å². The summed E-state index contributed by atoms with van der Waals surface area (Å²) in [5.74, 6) is 0.813. The lowest BCUT2D eigenvalue weighted by molar-refractivity contribution is 0.175. The van der Waals surface area contributed by atoms with Crippen molar-refractivity contribution < 1.29 is 9.53 Å². The minimum atomic E-state index is -1.90. The normalized spacial score (nSPS) is 13.9. The summed E-state index contributed by atoms with van der Waals surface area (Å²) in [7, 11) is -1.90. The summed E-state index contributed by atoms with van der Waals surface area (Å²) in [5, 5.41) is 10.5. The summed E-state index contributed by atoms with van der Waals surface area (Å²) < 4.78 is 6.35. The molecule has 0 radical (unpaired) electrons. The van der Waals surface area contributed by atoms with E-state index in [-0.39, 0.29) is 5.04 Å². The monoisotopic (exact) mass is 292 g/mol. The molecular formula is C17H28O2Si. The highest BCUT2D eigenvalue weighted by molar-refractivity contribution is 6.74. The first-order valence-corrected chi connectivity index (χ1v) is 10.1. The zero-order valence-electron chi connectivity index (χ0n) is 13.7. The van der Waals surface area contributed by atoms with Crippen molar-refractivity contribution in [3.05, 3.63) is 42.0 Å². The fourth-order valence-electron chi connectivity index (χ4n) is 1.72. The van der Waals surface area contributed by atoms with E-state index in [1.54, 1.807) is 0 Å². The van der Waals surface area contributed by atoms with Crippen LogP contribution in [0.1, 0.15) is 45.8 Å². The Labute approximate surface area is 124 Å². The van der Waals surface area contributed by atoms with Gasteiger partial charge in [-0.1, -0.05) is 44.5 Å². The third-order valence-electron chi connectivity index (χ3n) is 3.99. The summed E-state index contributed by atoms with van der Waals surface area (Å²) in [4.78, 5) is 0. The van der Waals surface area contributed by atoms with Crippen molar-refractivity contribution in [2.45, 2.75) is 58.4 Å². The van der Waals surface area contributed by atoms with Gasteiger partial charge in [0.05, 0.1) is 6.10 Å². The molecule has 0 saturated heterocycles. The van der Waals surface area contributed by atoms with Crippen molar-refractivity contribution in [1.29, 1.82) is 0 Å². The molecule has 1 aromatic carbocycles. The molecule has 0 spiro atoms. The molecule has 1 atom stereocenters. The Balaban J connectivity index is 3.05. The first-order chi connectivity index (χ1) is 9.04.